The quantitative estimate of drug-likeness (QED) is 0.519. The van der Waals surface area contributed by atoms with Gasteiger partial charge in [0.2, 0.25) is 0 Å². The molecule has 2 aromatic heterocycles. The van der Waals surface area contributed by atoms with E-state index in [1.807, 2.05) is 23.3 Å². The van der Waals surface area contributed by atoms with Gasteiger partial charge in [-0.1, -0.05) is 11.8 Å². The lowest BCUT2D eigenvalue weighted by Crippen LogP contribution is -2.36. The first-order chi connectivity index (χ1) is 9.81. The van der Waals surface area contributed by atoms with E-state index in [-0.39, 0.29) is 0 Å². The van der Waals surface area contributed by atoms with Crippen LogP contribution in [-0.4, -0.2) is 33.7 Å². The van der Waals surface area contributed by atoms with Crippen LogP contribution in [0.3, 0.4) is 0 Å². The van der Waals surface area contributed by atoms with Crippen molar-refractivity contribution in [2.45, 2.75) is 17.9 Å². The maximum atomic E-state index is 11.3. The molecule has 1 aliphatic rings. The number of carbonyl (C=O) groups is 1. The molecular weight excluding hydrogens is 274 g/mol. The number of aldehydes is 1. The van der Waals surface area contributed by atoms with Gasteiger partial charge >= 0.3 is 0 Å². The summed E-state index contributed by atoms with van der Waals surface area (Å²) in [5, 5.41) is 3.81. The number of anilines is 2. The molecule has 7 heteroatoms. The number of nitrogens with zero attached hydrogens (tertiary/aromatic N) is 4. The molecule has 0 radical (unpaired) electrons. The van der Waals surface area contributed by atoms with Crippen molar-refractivity contribution < 1.29 is 4.79 Å². The highest BCUT2D eigenvalue weighted by Crippen LogP contribution is 2.33. The standard InChI is InChI=1S/C13H13N5OS/c1-20-13-15-6-10-12(17-13)18(11(8-19)16-10)7-9-2-4-14-5-3-9/h2-6,8,11,16H,7H2,1H3. The van der Waals surface area contributed by atoms with Crippen molar-refractivity contribution in [3.63, 3.8) is 0 Å². The van der Waals surface area contributed by atoms with Gasteiger partial charge in [-0.2, -0.15) is 0 Å². The Kier molecular flexibility index (Phi) is 3.51. The summed E-state index contributed by atoms with van der Waals surface area (Å²) in [6, 6.07) is 3.85. The van der Waals surface area contributed by atoms with Gasteiger partial charge in [-0.15, -0.1) is 0 Å². The average molecular weight is 287 g/mol. The zero-order valence-corrected chi connectivity index (χ0v) is 11.7. The van der Waals surface area contributed by atoms with E-state index in [9.17, 15) is 4.79 Å². The van der Waals surface area contributed by atoms with Crippen molar-refractivity contribution >= 4 is 29.6 Å². The molecule has 1 atom stereocenters. The fourth-order valence-corrected chi connectivity index (χ4v) is 2.45. The molecule has 2 aromatic rings. The molecule has 3 rings (SSSR count). The number of pyridine rings is 1. The van der Waals surface area contributed by atoms with E-state index in [1.165, 1.54) is 11.8 Å². The number of nitrogens with one attached hydrogen (secondary N) is 1. The number of carbonyl (C=O) groups excluding carboxylic acids is 1. The molecule has 20 heavy (non-hydrogen) atoms. The Morgan fingerprint density at radius 1 is 1.45 bits per heavy atom. The molecule has 0 bridgehead atoms. The normalized spacial score (nSPS) is 16.6. The van der Waals surface area contributed by atoms with E-state index in [1.54, 1.807) is 18.6 Å². The van der Waals surface area contributed by atoms with Gasteiger partial charge in [-0.05, 0) is 24.0 Å². The van der Waals surface area contributed by atoms with Gasteiger partial charge in [-0.25, -0.2) is 9.97 Å². The lowest BCUT2D eigenvalue weighted by molar-refractivity contribution is -0.108. The zero-order valence-electron chi connectivity index (χ0n) is 10.9. The summed E-state index contributed by atoms with van der Waals surface area (Å²) >= 11 is 1.48. The van der Waals surface area contributed by atoms with Crippen LogP contribution in [0, 0.1) is 0 Å². The van der Waals surface area contributed by atoms with Gasteiger partial charge in [0, 0.05) is 18.9 Å². The second-order valence-corrected chi connectivity index (χ2v) is 5.08. The molecule has 0 spiro atoms. The molecule has 3 heterocycles. The van der Waals surface area contributed by atoms with Gasteiger partial charge in [0.05, 0.1) is 11.9 Å². The molecule has 0 saturated carbocycles. The third-order valence-electron chi connectivity index (χ3n) is 3.07. The first-order valence-electron chi connectivity index (χ1n) is 6.10. The van der Waals surface area contributed by atoms with Gasteiger partial charge in [0.1, 0.15) is 0 Å². The number of rotatable bonds is 4. The molecule has 6 nitrogen and oxygen atoms in total. The van der Waals surface area contributed by atoms with Crippen LogP contribution in [0.4, 0.5) is 11.5 Å². The van der Waals surface area contributed by atoms with Crippen molar-refractivity contribution in [2.75, 3.05) is 16.5 Å². The summed E-state index contributed by atoms with van der Waals surface area (Å²) in [7, 11) is 0. The lowest BCUT2D eigenvalue weighted by atomic mass is 10.2. The van der Waals surface area contributed by atoms with Crippen LogP contribution in [0.25, 0.3) is 0 Å². The van der Waals surface area contributed by atoms with Crippen LogP contribution in [0.15, 0.2) is 35.9 Å². The van der Waals surface area contributed by atoms with Gasteiger partial charge in [-0.3, -0.25) is 9.78 Å². The summed E-state index contributed by atoms with van der Waals surface area (Å²) in [6.07, 6.45) is 7.59. The minimum Gasteiger partial charge on any atom is -0.355 e. The second kappa shape index (κ2) is 5.46. The largest absolute Gasteiger partial charge is 0.355 e. The highest BCUT2D eigenvalue weighted by Gasteiger charge is 2.30. The van der Waals surface area contributed by atoms with Crippen LogP contribution in [0.2, 0.25) is 0 Å². The van der Waals surface area contributed by atoms with Crippen molar-refractivity contribution in [2.24, 2.45) is 0 Å². The Labute approximate surface area is 120 Å². The molecule has 0 saturated heterocycles. The van der Waals surface area contributed by atoms with Crippen LogP contribution in [-0.2, 0) is 11.3 Å². The van der Waals surface area contributed by atoms with E-state index < -0.39 is 6.17 Å². The highest BCUT2D eigenvalue weighted by molar-refractivity contribution is 7.98. The van der Waals surface area contributed by atoms with E-state index in [0.717, 1.165) is 23.4 Å². The van der Waals surface area contributed by atoms with Crippen LogP contribution in [0.5, 0.6) is 0 Å². The molecule has 1 unspecified atom stereocenters. The molecular formula is C13H13N5OS. The van der Waals surface area contributed by atoms with Crippen molar-refractivity contribution in [1.82, 2.24) is 15.0 Å². The third-order valence-corrected chi connectivity index (χ3v) is 3.63. The van der Waals surface area contributed by atoms with E-state index >= 15 is 0 Å². The lowest BCUT2D eigenvalue weighted by Gasteiger charge is -2.21. The number of thioether (sulfide) groups is 1. The Morgan fingerprint density at radius 2 is 2.25 bits per heavy atom. The summed E-state index contributed by atoms with van der Waals surface area (Å²) in [4.78, 5) is 25.9. The minimum absolute atomic E-state index is 0.412. The number of fused-ring (bicyclic) bond motifs is 1. The average Bonchev–Trinajstić information content (AvgIpc) is 2.85. The fraction of sp³-hybridized carbons (Fsp3) is 0.231. The zero-order chi connectivity index (χ0) is 13.9. The van der Waals surface area contributed by atoms with Crippen LogP contribution >= 0.6 is 11.8 Å². The first-order valence-corrected chi connectivity index (χ1v) is 7.32. The van der Waals surface area contributed by atoms with Crippen molar-refractivity contribution in [3.8, 4) is 0 Å². The number of aromatic nitrogens is 3. The number of hydrogen-bond donors (Lipinski definition) is 1. The van der Waals surface area contributed by atoms with E-state index in [0.29, 0.717) is 11.7 Å². The third kappa shape index (κ3) is 2.32. The predicted octanol–water partition coefficient (Wildman–Crippen LogP) is 1.55. The smallest absolute Gasteiger partial charge is 0.189 e. The molecule has 1 aliphatic heterocycles. The molecule has 0 amide bonds. The Hall–Kier alpha value is -2.15. The van der Waals surface area contributed by atoms with Crippen LogP contribution in [0.1, 0.15) is 5.56 Å². The predicted molar refractivity (Wildman–Crippen MR) is 77.7 cm³/mol. The SMILES string of the molecule is CSc1ncc2c(n1)N(Cc1ccncc1)C(C=O)N2. The van der Waals surface area contributed by atoms with Crippen molar-refractivity contribution in [1.29, 1.82) is 0 Å². The molecule has 102 valence electrons. The fourth-order valence-electron chi connectivity index (χ4n) is 2.11. The Balaban J connectivity index is 1.94. The topological polar surface area (TPSA) is 71.0 Å². The Bertz CT molecular complexity index is 621. The van der Waals surface area contributed by atoms with Crippen LogP contribution < -0.4 is 10.2 Å². The summed E-state index contributed by atoms with van der Waals surface area (Å²) in [5.41, 5.74) is 1.86. The summed E-state index contributed by atoms with van der Waals surface area (Å²) in [5.74, 6) is 0.762. The molecule has 0 fully saturated rings. The van der Waals surface area contributed by atoms with Crippen molar-refractivity contribution in [3.05, 3.63) is 36.3 Å². The van der Waals surface area contributed by atoms with Gasteiger partial charge in [0.15, 0.2) is 23.4 Å². The first kappa shape index (κ1) is 12.9. The maximum absolute atomic E-state index is 11.3. The molecule has 1 N–H and O–H groups in total. The Morgan fingerprint density at radius 3 is 2.95 bits per heavy atom. The molecule has 0 aliphatic carbocycles. The summed E-state index contributed by atoms with van der Waals surface area (Å²) < 4.78 is 0. The van der Waals surface area contributed by atoms with Gasteiger partial charge in [0.25, 0.3) is 0 Å². The highest BCUT2D eigenvalue weighted by atomic mass is 32.2. The van der Waals surface area contributed by atoms with E-state index in [4.69, 9.17) is 0 Å². The second-order valence-electron chi connectivity index (χ2n) is 4.30. The van der Waals surface area contributed by atoms with E-state index in [2.05, 4.69) is 20.3 Å². The maximum Gasteiger partial charge on any atom is 0.189 e. The minimum atomic E-state index is -0.412. The molecule has 0 aromatic carbocycles. The monoisotopic (exact) mass is 287 g/mol. The van der Waals surface area contributed by atoms with Gasteiger partial charge < -0.3 is 10.2 Å². The summed E-state index contributed by atoms with van der Waals surface area (Å²) in [6.45, 7) is 0.594. The number of hydrogen-bond acceptors (Lipinski definition) is 7.